The van der Waals surface area contributed by atoms with Crippen molar-refractivity contribution in [3.05, 3.63) is 279 Å². The molecule has 0 N–H and O–H groups in total. The number of benzene rings is 11. The van der Waals surface area contributed by atoms with E-state index in [2.05, 4.69) is 289 Å². The van der Waals surface area contributed by atoms with Crippen LogP contribution in [0.1, 0.15) is 0 Å². The molecule has 0 bridgehead atoms. The van der Waals surface area contributed by atoms with Crippen molar-refractivity contribution in [2.45, 2.75) is 0 Å². The first-order chi connectivity index (χ1) is 34.2. The first-order valence-electron chi connectivity index (χ1n) is 23.5. The zero-order valence-corrected chi connectivity index (χ0v) is 38.7. The van der Waals surface area contributed by atoms with Gasteiger partial charge in [0.2, 0.25) is 0 Å². The average molecular weight is 899 g/mol. The molecule has 0 fully saturated rings. The van der Waals surface area contributed by atoms with Crippen LogP contribution in [-0.4, -0.2) is 0 Å². The number of anilines is 6. The molecule has 3 heteroatoms. The molecular formula is C66H46N2S. The first-order valence-corrected chi connectivity index (χ1v) is 24.3. The minimum Gasteiger partial charge on any atom is -0.310 e. The summed E-state index contributed by atoms with van der Waals surface area (Å²) in [5, 5.41) is 2.62. The molecule has 0 aliphatic carbocycles. The van der Waals surface area contributed by atoms with Gasteiger partial charge in [-0.3, -0.25) is 0 Å². The van der Waals surface area contributed by atoms with Crippen LogP contribution in [0.25, 0.3) is 75.8 Å². The normalized spacial score (nSPS) is 11.2. The van der Waals surface area contributed by atoms with Crippen LogP contribution in [0.2, 0.25) is 0 Å². The van der Waals surface area contributed by atoms with E-state index < -0.39 is 0 Å². The van der Waals surface area contributed by atoms with E-state index in [0.717, 1.165) is 45.3 Å². The first kappa shape index (κ1) is 41.7. The smallest absolute Gasteiger partial charge is 0.0540 e. The molecule has 0 atom stereocenters. The number of thiophene rings is 1. The SMILES string of the molecule is c1ccc(-c2ccc(N(c3ccc(-c4ccccc4)cc3)c3cccc(-c4ccccc4N(c4ccc(-c5ccccc5)cc4)c4ccc(-c5cccc6c5sc5ccccc56)cc4)c3)cc2)cc1. The Morgan fingerprint density at radius 3 is 1.17 bits per heavy atom. The number of para-hydroxylation sites is 1. The van der Waals surface area contributed by atoms with E-state index in [-0.39, 0.29) is 0 Å². The summed E-state index contributed by atoms with van der Waals surface area (Å²) in [6.07, 6.45) is 0. The van der Waals surface area contributed by atoms with E-state index >= 15 is 0 Å². The third-order valence-electron chi connectivity index (χ3n) is 13.1. The standard InChI is InChI=1S/C66H46N2S/c1-4-16-47(17-5-1)50-30-38-55(39-31-50)67(56-40-32-51(33-41-56)48-18-6-2-7-19-48)59-23-14-22-54(46-59)60-24-10-12-28-64(60)68(57-42-34-52(35-43-57)49-20-8-3-9-21-49)58-44-36-53(37-45-58)61-26-15-27-63-62-25-11-13-29-65(62)69-66(61)63/h1-46H. The summed E-state index contributed by atoms with van der Waals surface area (Å²) in [6.45, 7) is 0. The molecule has 0 spiro atoms. The van der Waals surface area contributed by atoms with Gasteiger partial charge in [0.15, 0.2) is 0 Å². The largest absolute Gasteiger partial charge is 0.310 e. The summed E-state index contributed by atoms with van der Waals surface area (Å²) in [5.41, 5.74) is 18.3. The van der Waals surface area contributed by atoms with Crippen LogP contribution >= 0.6 is 11.3 Å². The summed E-state index contributed by atoms with van der Waals surface area (Å²) in [7, 11) is 0. The predicted octanol–water partition coefficient (Wildman–Crippen LogP) is 19.3. The summed E-state index contributed by atoms with van der Waals surface area (Å²) in [6, 6.07) is 101. The predicted molar refractivity (Wildman–Crippen MR) is 296 cm³/mol. The number of fused-ring (bicyclic) bond motifs is 3. The Labute approximate surface area is 407 Å². The second-order valence-corrected chi connectivity index (χ2v) is 18.4. The van der Waals surface area contributed by atoms with Gasteiger partial charge in [0, 0.05) is 54.2 Å². The number of nitrogens with zero attached hydrogens (tertiary/aromatic N) is 2. The summed E-state index contributed by atoms with van der Waals surface area (Å²) >= 11 is 1.87. The zero-order valence-electron chi connectivity index (χ0n) is 37.9. The minimum atomic E-state index is 1.07. The third-order valence-corrected chi connectivity index (χ3v) is 14.3. The fourth-order valence-electron chi connectivity index (χ4n) is 9.66. The molecular weight excluding hydrogens is 853 g/mol. The Kier molecular flexibility index (Phi) is 11.2. The summed E-state index contributed by atoms with van der Waals surface area (Å²) in [5.74, 6) is 0. The Bertz CT molecular complexity index is 3590. The third kappa shape index (κ3) is 8.27. The van der Waals surface area contributed by atoms with Crippen LogP contribution in [0.15, 0.2) is 279 Å². The van der Waals surface area contributed by atoms with Crippen molar-refractivity contribution in [3.8, 4) is 55.6 Å². The molecule has 0 amide bonds. The van der Waals surface area contributed by atoms with Gasteiger partial charge < -0.3 is 9.80 Å². The molecule has 1 heterocycles. The quantitative estimate of drug-likeness (QED) is 0.128. The second kappa shape index (κ2) is 18.5. The number of hydrogen-bond donors (Lipinski definition) is 0. The van der Waals surface area contributed by atoms with Gasteiger partial charge in [-0.15, -0.1) is 11.3 Å². The molecule has 69 heavy (non-hydrogen) atoms. The summed E-state index contributed by atoms with van der Waals surface area (Å²) in [4.78, 5) is 4.77. The van der Waals surface area contributed by atoms with Crippen molar-refractivity contribution in [3.63, 3.8) is 0 Å². The average Bonchev–Trinajstić information content (AvgIpc) is 3.82. The lowest BCUT2D eigenvalue weighted by atomic mass is 9.99. The zero-order chi connectivity index (χ0) is 45.9. The van der Waals surface area contributed by atoms with Crippen molar-refractivity contribution in [1.82, 2.24) is 0 Å². The van der Waals surface area contributed by atoms with Crippen LogP contribution in [-0.2, 0) is 0 Å². The van der Waals surface area contributed by atoms with Crippen LogP contribution < -0.4 is 9.80 Å². The molecule has 11 aromatic carbocycles. The molecule has 1 aromatic heterocycles. The maximum Gasteiger partial charge on any atom is 0.0540 e. The molecule has 0 radical (unpaired) electrons. The maximum absolute atomic E-state index is 2.41. The van der Waals surface area contributed by atoms with E-state index in [1.54, 1.807) is 0 Å². The molecule has 326 valence electrons. The highest BCUT2D eigenvalue weighted by Gasteiger charge is 2.20. The lowest BCUT2D eigenvalue weighted by Gasteiger charge is -2.29. The molecule has 12 aromatic rings. The van der Waals surface area contributed by atoms with Crippen molar-refractivity contribution in [1.29, 1.82) is 0 Å². The highest BCUT2D eigenvalue weighted by molar-refractivity contribution is 7.26. The van der Waals surface area contributed by atoms with Gasteiger partial charge in [-0.25, -0.2) is 0 Å². The van der Waals surface area contributed by atoms with E-state index in [4.69, 9.17) is 0 Å². The van der Waals surface area contributed by atoms with Crippen LogP contribution in [0.5, 0.6) is 0 Å². The lowest BCUT2D eigenvalue weighted by Crippen LogP contribution is -2.12. The molecule has 0 aliphatic rings. The number of rotatable bonds is 11. The van der Waals surface area contributed by atoms with Crippen LogP contribution in [0.3, 0.4) is 0 Å². The Hall–Kier alpha value is -8.76. The highest BCUT2D eigenvalue weighted by Crippen LogP contribution is 2.45. The van der Waals surface area contributed by atoms with Crippen molar-refractivity contribution in [2.24, 2.45) is 0 Å². The van der Waals surface area contributed by atoms with Gasteiger partial charge in [0.05, 0.1) is 5.69 Å². The highest BCUT2D eigenvalue weighted by atomic mass is 32.1. The molecule has 0 aliphatic heterocycles. The van der Waals surface area contributed by atoms with Gasteiger partial charge in [0.25, 0.3) is 0 Å². The summed E-state index contributed by atoms with van der Waals surface area (Å²) < 4.78 is 2.63. The van der Waals surface area contributed by atoms with Crippen LogP contribution in [0.4, 0.5) is 34.1 Å². The van der Waals surface area contributed by atoms with E-state index in [0.29, 0.717) is 0 Å². The molecule has 0 saturated heterocycles. The van der Waals surface area contributed by atoms with Crippen molar-refractivity contribution >= 4 is 65.6 Å². The van der Waals surface area contributed by atoms with E-state index in [9.17, 15) is 0 Å². The Morgan fingerprint density at radius 2 is 0.623 bits per heavy atom. The number of hydrogen-bond acceptors (Lipinski definition) is 3. The molecule has 0 saturated carbocycles. The van der Waals surface area contributed by atoms with Gasteiger partial charge in [-0.2, -0.15) is 0 Å². The Balaban J connectivity index is 0.962. The minimum absolute atomic E-state index is 1.07. The van der Waals surface area contributed by atoms with Crippen LogP contribution in [0, 0.1) is 0 Å². The fourth-order valence-corrected chi connectivity index (χ4v) is 10.9. The maximum atomic E-state index is 2.41. The van der Waals surface area contributed by atoms with E-state index in [1.165, 1.54) is 64.7 Å². The van der Waals surface area contributed by atoms with Gasteiger partial charge >= 0.3 is 0 Å². The molecule has 12 rings (SSSR count). The van der Waals surface area contributed by atoms with Crippen molar-refractivity contribution in [2.75, 3.05) is 9.80 Å². The monoisotopic (exact) mass is 898 g/mol. The topological polar surface area (TPSA) is 6.48 Å². The van der Waals surface area contributed by atoms with Crippen molar-refractivity contribution < 1.29 is 0 Å². The molecule has 2 nitrogen and oxygen atoms in total. The fraction of sp³-hybridized carbons (Fsp3) is 0. The Morgan fingerprint density at radius 1 is 0.232 bits per heavy atom. The van der Waals surface area contributed by atoms with Gasteiger partial charge in [-0.1, -0.05) is 206 Å². The van der Waals surface area contributed by atoms with E-state index in [1.807, 2.05) is 11.3 Å². The second-order valence-electron chi connectivity index (χ2n) is 17.3. The molecule has 0 unspecified atom stereocenters. The van der Waals surface area contributed by atoms with Gasteiger partial charge in [-0.05, 0) is 123 Å². The van der Waals surface area contributed by atoms with Gasteiger partial charge in [0.1, 0.15) is 0 Å². The lowest BCUT2D eigenvalue weighted by molar-refractivity contribution is 1.27.